The number of carbonyl (C=O) groups is 1. The molecule has 1 amide bonds. The van der Waals surface area contributed by atoms with Gasteiger partial charge in [0.05, 0.1) is 12.7 Å². The molecule has 2 aromatic rings. The third-order valence-corrected chi connectivity index (χ3v) is 3.25. The Bertz CT molecular complexity index is 690. The van der Waals surface area contributed by atoms with E-state index in [-0.39, 0.29) is 17.1 Å². The van der Waals surface area contributed by atoms with Crippen LogP contribution in [0, 0.1) is 5.82 Å². The molecule has 2 rings (SSSR count). The minimum atomic E-state index is -2.86. The van der Waals surface area contributed by atoms with E-state index in [2.05, 4.69) is 10.1 Å². The van der Waals surface area contributed by atoms with E-state index in [1.165, 1.54) is 31.4 Å². The molecule has 0 atom stereocenters. The summed E-state index contributed by atoms with van der Waals surface area (Å²) in [5.41, 5.74) is 0.946. The molecule has 0 heterocycles. The molecular weight excluding hydrogens is 323 g/mol. The molecule has 7 heteroatoms. The average molecular weight is 339 g/mol. The summed E-state index contributed by atoms with van der Waals surface area (Å²) >= 11 is 0. The monoisotopic (exact) mass is 339 g/mol. The number of hydrogen-bond acceptors (Lipinski definition) is 3. The highest BCUT2D eigenvalue weighted by molar-refractivity contribution is 5.96. The number of ether oxygens (including phenoxy) is 2. The molecule has 0 spiro atoms. The SMILES string of the molecule is COc1ccc(F)cc1C(=O)NCCc1ccc(OC(F)F)cc1. The normalized spacial score (nSPS) is 10.5. The molecule has 0 fully saturated rings. The second-order valence-electron chi connectivity index (χ2n) is 4.87. The van der Waals surface area contributed by atoms with Gasteiger partial charge in [0.25, 0.3) is 5.91 Å². The number of benzene rings is 2. The van der Waals surface area contributed by atoms with Crippen LogP contribution in [0.4, 0.5) is 13.2 Å². The molecule has 0 aromatic heterocycles. The van der Waals surface area contributed by atoms with Crippen molar-refractivity contribution in [2.24, 2.45) is 0 Å². The number of halogens is 3. The van der Waals surface area contributed by atoms with Gasteiger partial charge in [-0.15, -0.1) is 0 Å². The molecule has 2 aromatic carbocycles. The summed E-state index contributed by atoms with van der Waals surface area (Å²) in [5, 5.41) is 2.66. The predicted molar refractivity (Wildman–Crippen MR) is 82.1 cm³/mol. The summed E-state index contributed by atoms with van der Waals surface area (Å²) < 4.78 is 46.7. The Kier molecular flexibility index (Phi) is 6.06. The maximum absolute atomic E-state index is 13.3. The van der Waals surface area contributed by atoms with Crippen LogP contribution >= 0.6 is 0 Å². The number of hydrogen-bond donors (Lipinski definition) is 1. The summed E-state index contributed by atoms with van der Waals surface area (Å²) in [7, 11) is 1.40. The van der Waals surface area contributed by atoms with E-state index in [0.717, 1.165) is 11.6 Å². The van der Waals surface area contributed by atoms with Gasteiger partial charge in [-0.1, -0.05) is 12.1 Å². The van der Waals surface area contributed by atoms with E-state index in [0.29, 0.717) is 13.0 Å². The number of alkyl halides is 2. The standard InChI is InChI=1S/C17H16F3NO3/c1-23-15-7-4-12(18)10-14(15)16(22)21-9-8-11-2-5-13(6-3-11)24-17(19)20/h2-7,10,17H,8-9H2,1H3,(H,21,22). The second kappa shape index (κ2) is 8.24. The van der Waals surface area contributed by atoms with Crippen molar-refractivity contribution in [2.75, 3.05) is 13.7 Å². The van der Waals surface area contributed by atoms with E-state index in [1.807, 2.05) is 0 Å². The van der Waals surface area contributed by atoms with Crippen LogP contribution in [0.25, 0.3) is 0 Å². The van der Waals surface area contributed by atoms with Gasteiger partial charge in [-0.2, -0.15) is 8.78 Å². The molecular formula is C17H16F3NO3. The first-order valence-electron chi connectivity index (χ1n) is 7.15. The number of rotatable bonds is 7. The van der Waals surface area contributed by atoms with Gasteiger partial charge in [0.1, 0.15) is 17.3 Å². The maximum atomic E-state index is 13.3. The number of carbonyl (C=O) groups excluding carboxylic acids is 1. The zero-order valence-electron chi connectivity index (χ0n) is 12.9. The Hall–Kier alpha value is -2.70. The molecule has 0 unspecified atom stereocenters. The van der Waals surface area contributed by atoms with E-state index in [1.54, 1.807) is 12.1 Å². The van der Waals surface area contributed by atoms with Crippen LogP contribution in [-0.4, -0.2) is 26.2 Å². The Balaban J connectivity index is 1.90. The lowest BCUT2D eigenvalue weighted by Crippen LogP contribution is -2.26. The first-order chi connectivity index (χ1) is 11.5. The minimum Gasteiger partial charge on any atom is -0.496 e. The highest BCUT2D eigenvalue weighted by Gasteiger charge is 2.13. The third kappa shape index (κ3) is 4.91. The number of nitrogens with one attached hydrogen (secondary N) is 1. The smallest absolute Gasteiger partial charge is 0.387 e. The molecule has 128 valence electrons. The van der Waals surface area contributed by atoms with Crippen molar-refractivity contribution >= 4 is 5.91 Å². The number of amides is 1. The Morgan fingerprint density at radius 3 is 2.50 bits per heavy atom. The molecule has 0 bridgehead atoms. The van der Waals surface area contributed by atoms with Crippen molar-refractivity contribution in [3.63, 3.8) is 0 Å². The highest BCUT2D eigenvalue weighted by atomic mass is 19.3. The van der Waals surface area contributed by atoms with Crippen LogP contribution < -0.4 is 14.8 Å². The van der Waals surface area contributed by atoms with E-state index >= 15 is 0 Å². The average Bonchev–Trinajstić information content (AvgIpc) is 2.56. The second-order valence-corrected chi connectivity index (χ2v) is 4.87. The molecule has 0 aliphatic heterocycles. The molecule has 0 aliphatic rings. The lowest BCUT2D eigenvalue weighted by Gasteiger charge is -2.10. The van der Waals surface area contributed by atoms with Crippen molar-refractivity contribution in [1.29, 1.82) is 0 Å². The zero-order chi connectivity index (χ0) is 17.5. The van der Waals surface area contributed by atoms with Crippen LogP contribution in [0.1, 0.15) is 15.9 Å². The lowest BCUT2D eigenvalue weighted by molar-refractivity contribution is -0.0498. The van der Waals surface area contributed by atoms with Crippen LogP contribution in [0.15, 0.2) is 42.5 Å². The fourth-order valence-electron chi connectivity index (χ4n) is 2.11. The van der Waals surface area contributed by atoms with Crippen molar-refractivity contribution in [3.8, 4) is 11.5 Å². The van der Waals surface area contributed by atoms with Crippen molar-refractivity contribution in [2.45, 2.75) is 13.0 Å². The fraction of sp³-hybridized carbons (Fsp3) is 0.235. The summed E-state index contributed by atoms with van der Waals surface area (Å²) in [6.45, 7) is -2.57. The molecule has 1 N–H and O–H groups in total. The van der Waals surface area contributed by atoms with E-state index in [4.69, 9.17) is 4.74 Å². The van der Waals surface area contributed by atoms with Crippen LogP contribution in [0.5, 0.6) is 11.5 Å². The zero-order valence-corrected chi connectivity index (χ0v) is 12.9. The topological polar surface area (TPSA) is 47.6 Å². The van der Waals surface area contributed by atoms with Crippen molar-refractivity contribution < 1.29 is 27.4 Å². The number of methoxy groups -OCH3 is 1. The van der Waals surface area contributed by atoms with Gasteiger partial charge in [-0.05, 0) is 42.3 Å². The Morgan fingerprint density at radius 1 is 1.17 bits per heavy atom. The van der Waals surface area contributed by atoms with Crippen LogP contribution in [0.3, 0.4) is 0 Å². The van der Waals surface area contributed by atoms with Crippen molar-refractivity contribution in [3.05, 3.63) is 59.4 Å². The van der Waals surface area contributed by atoms with Gasteiger partial charge in [-0.3, -0.25) is 4.79 Å². The maximum Gasteiger partial charge on any atom is 0.387 e. The first kappa shape index (κ1) is 17.7. The third-order valence-electron chi connectivity index (χ3n) is 3.25. The van der Waals surface area contributed by atoms with Gasteiger partial charge < -0.3 is 14.8 Å². The minimum absolute atomic E-state index is 0.0716. The quantitative estimate of drug-likeness (QED) is 0.841. The molecule has 24 heavy (non-hydrogen) atoms. The highest BCUT2D eigenvalue weighted by Crippen LogP contribution is 2.19. The largest absolute Gasteiger partial charge is 0.496 e. The van der Waals surface area contributed by atoms with Gasteiger partial charge in [0, 0.05) is 6.54 Å². The first-order valence-corrected chi connectivity index (χ1v) is 7.15. The van der Waals surface area contributed by atoms with Gasteiger partial charge >= 0.3 is 6.61 Å². The van der Waals surface area contributed by atoms with Crippen LogP contribution in [-0.2, 0) is 6.42 Å². The molecule has 4 nitrogen and oxygen atoms in total. The molecule has 0 saturated carbocycles. The summed E-state index contributed by atoms with van der Waals surface area (Å²) in [6, 6.07) is 9.81. The summed E-state index contributed by atoms with van der Waals surface area (Å²) in [4.78, 5) is 12.1. The van der Waals surface area contributed by atoms with Crippen molar-refractivity contribution in [1.82, 2.24) is 5.32 Å². The van der Waals surface area contributed by atoms with Crippen LogP contribution in [0.2, 0.25) is 0 Å². The van der Waals surface area contributed by atoms with Gasteiger partial charge in [0.2, 0.25) is 0 Å². The van der Waals surface area contributed by atoms with Gasteiger partial charge in [0.15, 0.2) is 0 Å². The fourth-order valence-corrected chi connectivity index (χ4v) is 2.11. The molecule has 0 aliphatic carbocycles. The predicted octanol–water partition coefficient (Wildman–Crippen LogP) is 3.41. The van der Waals surface area contributed by atoms with E-state index in [9.17, 15) is 18.0 Å². The summed E-state index contributed by atoms with van der Waals surface area (Å²) in [6.07, 6.45) is 0.484. The Morgan fingerprint density at radius 2 is 1.88 bits per heavy atom. The van der Waals surface area contributed by atoms with E-state index < -0.39 is 18.3 Å². The molecule has 0 saturated heterocycles. The summed E-state index contributed by atoms with van der Waals surface area (Å²) in [5.74, 6) is -0.635. The lowest BCUT2D eigenvalue weighted by atomic mass is 10.1. The Labute approximate surface area is 137 Å². The molecule has 0 radical (unpaired) electrons. The van der Waals surface area contributed by atoms with Gasteiger partial charge in [-0.25, -0.2) is 4.39 Å².